The highest BCUT2D eigenvalue weighted by atomic mass is 16.5. The van der Waals surface area contributed by atoms with Gasteiger partial charge < -0.3 is 15.4 Å². The summed E-state index contributed by atoms with van der Waals surface area (Å²) in [5.74, 6) is -0.954. The van der Waals surface area contributed by atoms with E-state index < -0.39 is 5.97 Å². The molecule has 2 aromatic rings. The number of anilines is 2. The molecule has 0 spiro atoms. The van der Waals surface area contributed by atoms with Gasteiger partial charge in [-0.05, 0) is 48.9 Å². The van der Waals surface area contributed by atoms with E-state index in [4.69, 9.17) is 0 Å². The van der Waals surface area contributed by atoms with Gasteiger partial charge in [0.05, 0.1) is 12.7 Å². The second-order valence-corrected chi connectivity index (χ2v) is 5.23. The van der Waals surface area contributed by atoms with Crippen molar-refractivity contribution in [2.75, 3.05) is 17.7 Å². The molecule has 2 rings (SSSR count). The lowest BCUT2D eigenvalue weighted by Gasteiger charge is -2.10. The topological polar surface area (TPSA) is 84.5 Å². The summed E-state index contributed by atoms with van der Waals surface area (Å²) in [5.41, 5.74) is 2.87. The maximum Gasteiger partial charge on any atom is 0.337 e. The SMILES string of the molecule is COC(=O)c1ccc(C(=O)Nc2ccc(C)c(NC(C)=O)c2)cc1. The second-order valence-electron chi connectivity index (χ2n) is 5.23. The minimum absolute atomic E-state index is 0.181. The largest absolute Gasteiger partial charge is 0.465 e. The molecule has 0 aromatic heterocycles. The Morgan fingerprint density at radius 1 is 0.917 bits per heavy atom. The number of nitrogens with one attached hydrogen (secondary N) is 2. The molecule has 0 unspecified atom stereocenters. The molecule has 6 nitrogen and oxygen atoms in total. The van der Waals surface area contributed by atoms with Crippen molar-refractivity contribution in [3.8, 4) is 0 Å². The number of esters is 1. The van der Waals surface area contributed by atoms with Crippen molar-refractivity contribution in [1.29, 1.82) is 0 Å². The Hall–Kier alpha value is -3.15. The number of carbonyl (C=O) groups is 3. The van der Waals surface area contributed by atoms with Gasteiger partial charge in [-0.25, -0.2) is 4.79 Å². The lowest BCUT2D eigenvalue weighted by molar-refractivity contribution is -0.114. The van der Waals surface area contributed by atoms with E-state index >= 15 is 0 Å². The van der Waals surface area contributed by atoms with E-state index in [2.05, 4.69) is 15.4 Å². The number of carbonyl (C=O) groups excluding carboxylic acids is 3. The molecule has 0 fully saturated rings. The van der Waals surface area contributed by atoms with Crippen molar-refractivity contribution in [3.63, 3.8) is 0 Å². The molecule has 6 heteroatoms. The number of hydrogen-bond acceptors (Lipinski definition) is 4. The molecule has 24 heavy (non-hydrogen) atoms. The smallest absolute Gasteiger partial charge is 0.337 e. The summed E-state index contributed by atoms with van der Waals surface area (Å²) < 4.78 is 4.61. The zero-order valence-electron chi connectivity index (χ0n) is 13.7. The summed E-state index contributed by atoms with van der Waals surface area (Å²) in [6, 6.07) is 11.4. The van der Waals surface area contributed by atoms with E-state index in [1.165, 1.54) is 26.2 Å². The monoisotopic (exact) mass is 326 g/mol. The predicted octanol–water partition coefficient (Wildman–Crippen LogP) is 2.99. The minimum atomic E-state index is -0.458. The van der Waals surface area contributed by atoms with E-state index in [0.717, 1.165) is 5.56 Å². The van der Waals surface area contributed by atoms with Crippen LogP contribution >= 0.6 is 0 Å². The minimum Gasteiger partial charge on any atom is -0.465 e. The molecule has 0 saturated heterocycles. The lowest BCUT2D eigenvalue weighted by atomic mass is 10.1. The fourth-order valence-corrected chi connectivity index (χ4v) is 2.10. The zero-order chi connectivity index (χ0) is 17.7. The first kappa shape index (κ1) is 17.2. The van der Waals surface area contributed by atoms with Crippen molar-refractivity contribution in [2.24, 2.45) is 0 Å². The quantitative estimate of drug-likeness (QED) is 0.846. The Balaban J connectivity index is 2.14. The van der Waals surface area contributed by atoms with E-state index in [1.807, 2.05) is 6.92 Å². The van der Waals surface area contributed by atoms with Crippen molar-refractivity contribution in [3.05, 3.63) is 59.2 Å². The number of aryl methyl sites for hydroxylation is 1. The van der Waals surface area contributed by atoms with Gasteiger partial charge in [-0.2, -0.15) is 0 Å². The Morgan fingerprint density at radius 3 is 2.12 bits per heavy atom. The van der Waals surface area contributed by atoms with Crippen molar-refractivity contribution >= 4 is 29.2 Å². The molecular weight excluding hydrogens is 308 g/mol. The van der Waals surface area contributed by atoms with Crippen molar-refractivity contribution < 1.29 is 19.1 Å². The summed E-state index contributed by atoms with van der Waals surface area (Å²) in [7, 11) is 1.30. The van der Waals surface area contributed by atoms with Crippen LogP contribution < -0.4 is 10.6 Å². The van der Waals surface area contributed by atoms with Crippen LogP contribution in [0.2, 0.25) is 0 Å². The summed E-state index contributed by atoms with van der Waals surface area (Å²) in [4.78, 5) is 34.9. The van der Waals surface area contributed by atoms with Crippen LogP contribution in [0.5, 0.6) is 0 Å². The standard InChI is InChI=1S/C18H18N2O4/c1-11-4-9-15(10-16(11)19-12(2)21)20-17(22)13-5-7-14(8-6-13)18(23)24-3/h4-10H,1-3H3,(H,19,21)(H,20,22). The second kappa shape index (κ2) is 7.41. The van der Waals surface area contributed by atoms with Crippen LogP contribution in [0, 0.1) is 6.92 Å². The van der Waals surface area contributed by atoms with Crippen molar-refractivity contribution in [1.82, 2.24) is 0 Å². The maximum atomic E-state index is 12.3. The van der Waals surface area contributed by atoms with Crippen LogP contribution in [0.4, 0.5) is 11.4 Å². The first-order valence-corrected chi connectivity index (χ1v) is 7.28. The highest BCUT2D eigenvalue weighted by molar-refractivity contribution is 6.05. The van der Waals surface area contributed by atoms with Gasteiger partial charge in [0.15, 0.2) is 0 Å². The van der Waals surface area contributed by atoms with Gasteiger partial charge in [-0.1, -0.05) is 6.07 Å². The van der Waals surface area contributed by atoms with Gasteiger partial charge in [0.25, 0.3) is 5.91 Å². The molecule has 2 aromatic carbocycles. The summed E-state index contributed by atoms with van der Waals surface area (Å²) >= 11 is 0. The molecule has 2 N–H and O–H groups in total. The van der Waals surface area contributed by atoms with E-state index in [1.54, 1.807) is 30.3 Å². The summed E-state index contributed by atoms with van der Waals surface area (Å²) in [5, 5.41) is 5.47. The summed E-state index contributed by atoms with van der Waals surface area (Å²) in [6.45, 7) is 3.29. The van der Waals surface area contributed by atoms with Gasteiger partial charge in [0, 0.05) is 23.9 Å². The fraction of sp³-hybridized carbons (Fsp3) is 0.167. The number of benzene rings is 2. The molecule has 0 atom stereocenters. The molecule has 0 aliphatic heterocycles. The van der Waals surface area contributed by atoms with Gasteiger partial charge >= 0.3 is 5.97 Å². The molecular formula is C18H18N2O4. The Kier molecular flexibility index (Phi) is 5.31. The van der Waals surface area contributed by atoms with E-state index in [-0.39, 0.29) is 11.8 Å². The lowest BCUT2D eigenvalue weighted by Crippen LogP contribution is -2.13. The predicted molar refractivity (Wildman–Crippen MR) is 91.2 cm³/mol. The van der Waals surface area contributed by atoms with Crippen LogP contribution in [0.1, 0.15) is 33.2 Å². The zero-order valence-corrected chi connectivity index (χ0v) is 13.7. The maximum absolute atomic E-state index is 12.3. The number of amides is 2. The van der Waals surface area contributed by atoms with Gasteiger partial charge in [-0.15, -0.1) is 0 Å². The number of rotatable bonds is 4. The third-order valence-corrected chi connectivity index (χ3v) is 3.37. The molecule has 0 aliphatic rings. The van der Waals surface area contributed by atoms with E-state index in [0.29, 0.717) is 22.5 Å². The first-order valence-electron chi connectivity index (χ1n) is 7.28. The first-order chi connectivity index (χ1) is 11.4. The van der Waals surface area contributed by atoms with Gasteiger partial charge in [-0.3, -0.25) is 9.59 Å². The molecule has 0 aliphatic carbocycles. The molecule has 0 radical (unpaired) electrons. The Morgan fingerprint density at radius 2 is 1.54 bits per heavy atom. The molecule has 0 heterocycles. The van der Waals surface area contributed by atoms with Gasteiger partial charge in [0.1, 0.15) is 0 Å². The Bertz CT molecular complexity index is 782. The van der Waals surface area contributed by atoms with Crippen LogP contribution in [-0.4, -0.2) is 24.9 Å². The van der Waals surface area contributed by atoms with Crippen LogP contribution in [-0.2, 0) is 9.53 Å². The van der Waals surface area contributed by atoms with Gasteiger partial charge in [0.2, 0.25) is 5.91 Å². The van der Waals surface area contributed by atoms with Crippen LogP contribution in [0.15, 0.2) is 42.5 Å². The number of methoxy groups -OCH3 is 1. The highest BCUT2D eigenvalue weighted by Crippen LogP contribution is 2.21. The van der Waals surface area contributed by atoms with Crippen LogP contribution in [0.25, 0.3) is 0 Å². The normalized spacial score (nSPS) is 9.96. The average molecular weight is 326 g/mol. The number of ether oxygens (including phenoxy) is 1. The molecule has 2 amide bonds. The third kappa shape index (κ3) is 4.19. The summed E-state index contributed by atoms with van der Waals surface area (Å²) in [6.07, 6.45) is 0. The third-order valence-electron chi connectivity index (χ3n) is 3.37. The Labute approximate surface area is 139 Å². The van der Waals surface area contributed by atoms with Crippen molar-refractivity contribution in [2.45, 2.75) is 13.8 Å². The van der Waals surface area contributed by atoms with Crippen LogP contribution in [0.3, 0.4) is 0 Å². The molecule has 124 valence electrons. The van der Waals surface area contributed by atoms with E-state index in [9.17, 15) is 14.4 Å². The highest BCUT2D eigenvalue weighted by Gasteiger charge is 2.10. The fourth-order valence-electron chi connectivity index (χ4n) is 2.10. The molecule has 0 saturated carbocycles. The number of hydrogen-bond donors (Lipinski definition) is 2. The molecule has 0 bridgehead atoms. The average Bonchev–Trinajstić information content (AvgIpc) is 2.56.